The molecule has 1 amide bonds. The summed E-state index contributed by atoms with van der Waals surface area (Å²) in [6.45, 7) is 5.25. The summed E-state index contributed by atoms with van der Waals surface area (Å²) in [6.07, 6.45) is 2.85. The van der Waals surface area contributed by atoms with Crippen LogP contribution in [0.15, 0.2) is 47.1 Å². The van der Waals surface area contributed by atoms with Crippen molar-refractivity contribution in [1.82, 2.24) is 20.1 Å². The number of carbonyl (C=O) groups excluding carboxylic acids is 1. The molecule has 2 heterocycles. The van der Waals surface area contributed by atoms with Crippen LogP contribution in [0.5, 0.6) is 0 Å². The molecule has 4 rings (SSSR count). The van der Waals surface area contributed by atoms with Gasteiger partial charge in [-0.25, -0.2) is 13.6 Å². The number of anilines is 1. The zero-order chi connectivity index (χ0) is 28.5. The Balaban J connectivity index is 1.90. The van der Waals surface area contributed by atoms with Crippen LogP contribution in [0.4, 0.5) is 19.4 Å². The number of hydrogen-bond acceptors (Lipinski definition) is 6. The van der Waals surface area contributed by atoms with Crippen molar-refractivity contribution in [2.75, 3.05) is 11.0 Å². The summed E-state index contributed by atoms with van der Waals surface area (Å²) in [5, 5.41) is 8.69. The Bertz CT molecular complexity index is 1520. The van der Waals surface area contributed by atoms with Crippen LogP contribution in [0, 0.1) is 11.6 Å². The van der Waals surface area contributed by atoms with Crippen molar-refractivity contribution in [3.05, 3.63) is 75.0 Å². The van der Waals surface area contributed by atoms with Crippen LogP contribution in [0.25, 0.3) is 22.0 Å². The number of aromatic nitrogens is 3. The number of ether oxygens (including phenoxy) is 1. The van der Waals surface area contributed by atoms with Crippen molar-refractivity contribution >= 4 is 62.3 Å². The average molecular weight is 639 g/mol. The average Bonchev–Trinajstić information content (AvgIpc) is 3.14. The summed E-state index contributed by atoms with van der Waals surface area (Å²) in [5.41, 5.74) is 2.22. The van der Waals surface area contributed by atoms with Crippen molar-refractivity contribution in [2.45, 2.75) is 38.8 Å². The maximum absolute atomic E-state index is 14.1. The SMILES string of the molecule is CSNc1nn(C)c2c(-c3cc(Br)cnc3[C@H](Cc3cc(F)cc(F)c3)NC(=O)OC(C)(C)C)ccc(Cl)c12. The number of aryl methyl sites for hydroxylation is 1. The maximum Gasteiger partial charge on any atom is 0.408 e. The van der Waals surface area contributed by atoms with E-state index in [9.17, 15) is 13.6 Å². The van der Waals surface area contributed by atoms with Crippen LogP contribution in [-0.2, 0) is 18.2 Å². The van der Waals surface area contributed by atoms with E-state index >= 15 is 0 Å². The Morgan fingerprint density at radius 1 is 1.18 bits per heavy atom. The van der Waals surface area contributed by atoms with Crippen LogP contribution in [0.3, 0.4) is 0 Å². The van der Waals surface area contributed by atoms with E-state index < -0.39 is 29.4 Å². The molecule has 0 unspecified atom stereocenters. The Hall–Kier alpha value is -2.89. The van der Waals surface area contributed by atoms with Crippen LogP contribution in [0.1, 0.15) is 38.1 Å². The molecular weight excluding hydrogens is 612 g/mol. The van der Waals surface area contributed by atoms with E-state index in [0.717, 1.165) is 22.5 Å². The molecule has 0 saturated heterocycles. The number of nitrogens with one attached hydrogen (secondary N) is 2. The number of pyridine rings is 1. The van der Waals surface area contributed by atoms with Gasteiger partial charge in [0.15, 0.2) is 5.82 Å². The van der Waals surface area contributed by atoms with Gasteiger partial charge in [-0.1, -0.05) is 29.6 Å². The largest absolute Gasteiger partial charge is 0.444 e. The summed E-state index contributed by atoms with van der Waals surface area (Å²) < 4.78 is 39.2. The van der Waals surface area contributed by atoms with Gasteiger partial charge >= 0.3 is 6.09 Å². The van der Waals surface area contributed by atoms with Gasteiger partial charge in [-0.15, -0.1) is 0 Å². The Morgan fingerprint density at radius 3 is 2.51 bits per heavy atom. The molecule has 2 N–H and O–H groups in total. The van der Waals surface area contributed by atoms with Gasteiger partial charge in [0, 0.05) is 41.2 Å². The van der Waals surface area contributed by atoms with Gasteiger partial charge in [0.2, 0.25) is 0 Å². The molecule has 39 heavy (non-hydrogen) atoms. The third-order valence-electron chi connectivity index (χ3n) is 5.69. The predicted octanol–water partition coefficient (Wildman–Crippen LogP) is 7.83. The predicted molar refractivity (Wildman–Crippen MR) is 156 cm³/mol. The zero-order valence-corrected chi connectivity index (χ0v) is 25.1. The summed E-state index contributed by atoms with van der Waals surface area (Å²) in [7, 11) is 1.81. The Kier molecular flexibility index (Phi) is 8.72. The monoisotopic (exact) mass is 637 g/mol. The van der Waals surface area contributed by atoms with E-state index in [-0.39, 0.29) is 6.42 Å². The zero-order valence-electron chi connectivity index (χ0n) is 21.9. The van der Waals surface area contributed by atoms with Crippen LogP contribution >= 0.6 is 39.5 Å². The molecular formula is C27H27BrClF2N5O2S. The number of rotatable bonds is 7. The summed E-state index contributed by atoms with van der Waals surface area (Å²) in [6, 6.07) is 7.96. The first kappa shape index (κ1) is 29.1. The number of fused-ring (bicyclic) bond motifs is 1. The molecule has 0 fully saturated rings. The fourth-order valence-electron chi connectivity index (χ4n) is 4.34. The fourth-order valence-corrected chi connectivity index (χ4v) is 5.25. The quantitative estimate of drug-likeness (QED) is 0.201. The lowest BCUT2D eigenvalue weighted by molar-refractivity contribution is 0.0502. The minimum atomic E-state index is -0.799. The van der Waals surface area contributed by atoms with Crippen molar-refractivity contribution in [1.29, 1.82) is 0 Å². The van der Waals surface area contributed by atoms with Gasteiger partial charge in [-0.05, 0) is 73.0 Å². The first-order valence-electron chi connectivity index (χ1n) is 11.9. The second kappa shape index (κ2) is 11.7. The molecule has 0 radical (unpaired) electrons. The Morgan fingerprint density at radius 2 is 1.87 bits per heavy atom. The molecule has 1 atom stereocenters. The maximum atomic E-state index is 14.1. The lowest BCUT2D eigenvalue weighted by atomic mass is 9.94. The summed E-state index contributed by atoms with van der Waals surface area (Å²) in [4.78, 5) is 17.6. The van der Waals surface area contributed by atoms with Gasteiger partial charge < -0.3 is 14.8 Å². The molecule has 2 aromatic carbocycles. The van der Waals surface area contributed by atoms with Crippen LogP contribution in [0.2, 0.25) is 5.02 Å². The number of nitrogens with zero attached hydrogens (tertiary/aromatic N) is 3. The highest BCUT2D eigenvalue weighted by atomic mass is 79.9. The van der Waals surface area contributed by atoms with E-state index in [1.165, 1.54) is 24.1 Å². The lowest BCUT2D eigenvalue weighted by Crippen LogP contribution is -2.36. The highest BCUT2D eigenvalue weighted by molar-refractivity contribution is 9.10. The molecule has 0 saturated carbocycles. The first-order valence-corrected chi connectivity index (χ1v) is 14.3. The van der Waals surface area contributed by atoms with Crippen LogP contribution in [-0.4, -0.2) is 32.7 Å². The number of carbonyl (C=O) groups is 1. The van der Waals surface area contributed by atoms with Crippen molar-refractivity contribution in [3.8, 4) is 11.1 Å². The van der Waals surface area contributed by atoms with Gasteiger partial charge in [0.1, 0.15) is 17.2 Å². The normalized spacial score (nSPS) is 12.4. The van der Waals surface area contributed by atoms with E-state index in [4.69, 9.17) is 16.3 Å². The highest BCUT2D eigenvalue weighted by Gasteiger charge is 2.27. The highest BCUT2D eigenvalue weighted by Crippen LogP contribution is 2.40. The smallest absolute Gasteiger partial charge is 0.408 e. The second-order valence-electron chi connectivity index (χ2n) is 9.86. The number of amides is 1. The molecule has 7 nitrogen and oxygen atoms in total. The number of benzene rings is 2. The topological polar surface area (TPSA) is 81.1 Å². The molecule has 0 aliphatic heterocycles. The molecule has 0 aliphatic rings. The number of halogens is 4. The van der Waals surface area contributed by atoms with Gasteiger partial charge in [-0.3, -0.25) is 9.67 Å². The minimum absolute atomic E-state index is 0.0525. The van der Waals surface area contributed by atoms with E-state index in [1.807, 2.05) is 25.4 Å². The first-order chi connectivity index (χ1) is 18.4. The third kappa shape index (κ3) is 6.82. The summed E-state index contributed by atoms with van der Waals surface area (Å²) in [5.74, 6) is -0.823. The van der Waals surface area contributed by atoms with E-state index in [1.54, 1.807) is 37.7 Å². The summed E-state index contributed by atoms with van der Waals surface area (Å²) >= 11 is 11.5. The third-order valence-corrected chi connectivity index (χ3v) is 6.84. The molecule has 0 bridgehead atoms. The van der Waals surface area contributed by atoms with Crippen LogP contribution < -0.4 is 10.0 Å². The molecule has 206 valence electrons. The van der Waals surface area contributed by atoms with E-state index in [0.29, 0.717) is 32.1 Å². The van der Waals surface area contributed by atoms with Gasteiger partial charge in [0.05, 0.1) is 27.7 Å². The minimum Gasteiger partial charge on any atom is -0.444 e. The van der Waals surface area contributed by atoms with Crippen molar-refractivity contribution < 1.29 is 18.3 Å². The van der Waals surface area contributed by atoms with Crippen molar-refractivity contribution in [2.24, 2.45) is 7.05 Å². The number of alkyl carbamates (subject to hydrolysis) is 1. The molecule has 12 heteroatoms. The second-order valence-corrected chi connectivity index (χ2v) is 11.8. The standard InChI is InChI=1S/C27H27BrClF2N5O2S/c1-27(2,3)38-26(37)33-21(10-14-8-16(30)12-17(31)9-14)23-19(11-15(28)13-32-23)18-6-7-20(29)22-24(18)36(4)34-25(22)35-39-5/h6-9,11-13,21H,10H2,1-5H3,(H,33,37)(H,34,35)/t21-/m0/s1. The fraction of sp³-hybridized carbons (Fsp3) is 0.296. The molecule has 0 spiro atoms. The van der Waals surface area contributed by atoms with Crippen molar-refractivity contribution in [3.63, 3.8) is 0 Å². The molecule has 4 aromatic rings. The number of hydrogen-bond donors (Lipinski definition) is 2. The lowest BCUT2D eigenvalue weighted by Gasteiger charge is -2.25. The van der Waals surface area contributed by atoms with E-state index in [2.05, 4.69) is 36.1 Å². The van der Waals surface area contributed by atoms with Gasteiger partial charge in [-0.2, -0.15) is 5.10 Å². The van der Waals surface area contributed by atoms with Gasteiger partial charge in [0.25, 0.3) is 0 Å². The molecule has 0 aliphatic carbocycles. The molecule has 2 aromatic heterocycles. The Labute approximate surface area is 242 Å².